The molecule has 7 nitrogen and oxygen atoms in total. The van der Waals surface area contributed by atoms with E-state index in [0.717, 1.165) is 28.8 Å². The predicted molar refractivity (Wildman–Crippen MR) is 131 cm³/mol. The standard InChI is InChI=1S/C25H26ClFN2O5S/c1-17-9-18(2)11-19(10-17)15-34-25-16-33-20(12-24(25)30)14-28-5-7-29(8-6-28)35(31,32)21-3-4-23(27)22(26)13-21/h3-4,9-13,16H,5-8,14-15H2,1-2H3. The van der Waals surface area contributed by atoms with Gasteiger partial charge in [0, 0.05) is 32.2 Å². The van der Waals surface area contributed by atoms with Gasteiger partial charge in [0.1, 0.15) is 24.4 Å². The van der Waals surface area contributed by atoms with E-state index >= 15 is 0 Å². The highest BCUT2D eigenvalue weighted by molar-refractivity contribution is 7.89. The van der Waals surface area contributed by atoms with E-state index in [2.05, 4.69) is 6.07 Å². The van der Waals surface area contributed by atoms with E-state index < -0.39 is 15.8 Å². The van der Waals surface area contributed by atoms with Crippen LogP contribution in [0.15, 0.2) is 62.8 Å². The van der Waals surface area contributed by atoms with Gasteiger partial charge in [-0.1, -0.05) is 40.9 Å². The molecule has 186 valence electrons. The number of halogens is 2. The Kier molecular flexibility index (Phi) is 7.61. The molecule has 4 rings (SSSR count). The lowest BCUT2D eigenvalue weighted by atomic mass is 10.1. The van der Waals surface area contributed by atoms with Gasteiger partial charge in [0.2, 0.25) is 21.2 Å². The molecule has 0 unspecified atom stereocenters. The summed E-state index contributed by atoms with van der Waals surface area (Å²) in [6.45, 7) is 6.04. The zero-order valence-corrected chi connectivity index (χ0v) is 21.0. The van der Waals surface area contributed by atoms with Crippen LogP contribution in [0, 0.1) is 19.7 Å². The van der Waals surface area contributed by atoms with Crippen molar-refractivity contribution in [2.45, 2.75) is 31.9 Å². The Morgan fingerprint density at radius 3 is 2.34 bits per heavy atom. The van der Waals surface area contributed by atoms with Crippen LogP contribution in [-0.2, 0) is 23.2 Å². The molecule has 2 heterocycles. The van der Waals surface area contributed by atoms with Gasteiger partial charge in [0.05, 0.1) is 16.5 Å². The second-order valence-electron chi connectivity index (χ2n) is 8.62. The van der Waals surface area contributed by atoms with E-state index in [1.54, 1.807) is 0 Å². The topological polar surface area (TPSA) is 80.1 Å². The van der Waals surface area contributed by atoms with Gasteiger partial charge in [-0.3, -0.25) is 9.69 Å². The summed E-state index contributed by atoms with van der Waals surface area (Å²) in [6.07, 6.45) is 1.32. The number of piperazine rings is 1. The smallest absolute Gasteiger partial charge is 0.243 e. The molecule has 2 aromatic carbocycles. The van der Waals surface area contributed by atoms with Gasteiger partial charge in [-0.15, -0.1) is 0 Å². The maximum atomic E-state index is 13.4. The zero-order chi connectivity index (χ0) is 25.2. The van der Waals surface area contributed by atoms with E-state index in [1.165, 1.54) is 22.7 Å². The molecular weight excluding hydrogens is 495 g/mol. The summed E-state index contributed by atoms with van der Waals surface area (Å²) in [5.41, 5.74) is 2.95. The fourth-order valence-electron chi connectivity index (χ4n) is 4.07. The molecule has 0 saturated carbocycles. The minimum absolute atomic E-state index is 0.0419. The maximum Gasteiger partial charge on any atom is 0.243 e. The van der Waals surface area contributed by atoms with E-state index in [-0.39, 0.29) is 40.8 Å². The van der Waals surface area contributed by atoms with Crippen molar-refractivity contribution >= 4 is 21.6 Å². The van der Waals surface area contributed by atoms with E-state index in [9.17, 15) is 17.6 Å². The lowest BCUT2D eigenvalue weighted by molar-refractivity contribution is 0.169. The van der Waals surface area contributed by atoms with Crippen molar-refractivity contribution in [2.75, 3.05) is 26.2 Å². The second-order valence-corrected chi connectivity index (χ2v) is 11.0. The van der Waals surface area contributed by atoms with Gasteiger partial charge >= 0.3 is 0 Å². The highest BCUT2D eigenvalue weighted by Gasteiger charge is 2.29. The van der Waals surface area contributed by atoms with Crippen LogP contribution < -0.4 is 10.2 Å². The Hall–Kier alpha value is -2.72. The van der Waals surface area contributed by atoms with E-state index in [4.69, 9.17) is 20.8 Å². The molecule has 1 aromatic heterocycles. The predicted octanol–water partition coefficient (Wildman–Crippen LogP) is 4.13. The molecule has 0 radical (unpaired) electrons. The molecule has 1 saturated heterocycles. The Morgan fingerprint density at radius 2 is 1.71 bits per heavy atom. The Bertz CT molecular complexity index is 1360. The molecule has 10 heteroatoms. The number of sulfonamides is 1. The van der Waals surface area contributed by atoms with Crippen molar-refractivity contribution in [3.05, 3.63) is 92.2 Å². The van der Waals surface area contributed by atoms with Crippen LogP contribution in [0.5, 0.6) is 5.75 Å². The van der Waals surface area contributed by atoms with Crippen LogP contribution in [-0.4, -0.2) is 43.8 Å². The summed E-state index contributed by atoms with van der Waals surface area (Å²) >= 11 is 5.75. The minimum Gasteiger partial charge on any atom is -0.482 e. The summed E-state index contributed by atoms with van der Waals surface area (Å²) in [5.74, 6) is -0.0595. The average molecular weight is 521 g/mol. The van der Waals surface area contributed by atoms with Crippen molar-refractivity contribution < 1.29 is 22.0 Å². The van der Waals surface area contributed by atoms with E-state index in [1.807, 2.05) is 30.9 Å². The number of hydrogen-bond donors (Lipinski definition) is 0. The third-order valence-corrected chi connectivity index (χ3v) is 7.95. The highest BCUT2D eigenvalue weighted by Crippen LogP contribution is 2.23. The molecule has 0 bridgehead atoms. The fraction of sp³-hybridized carbons (Fsp3) is 0.320. The molecule has 0 spiro atoms. The summed E-state index contributed by atoms with van der Waals surface area (Å²) in [7, 11) is -3.78. The lowest BCUT2D eigenvalue weighted by Gasteiger charge is -2.33. The van der Waals surface area contributed by atoms with Crippen LogP contribution in [0.3, 0.4) is 0 Å². The first-order chi connectivity index (χ1) is 16.6. The highest BCUT2D eigenvalue weighted by atomic mass is 35.5. The van der Waals surface area contributed by atoms with Gasteiger partial charge in [-0.25, -0.2) is 12.8 Å². The van der Waals surface area contributed by atoms with Crippen LogP contribution in [0.2, 0.25) is 5.02 Å². The number of benzene rings is 2. The van der Waals surface area contributed by atoms with E-state index in [0.29, 0.717) is 25.4 Å². The van der Waals surface area contributed by atoms with Crippen molar-refractivity contribution in [2.24, 2.45) is 0 Å². The van der Waals surface area contributed by atoms with Crippen molar-refractivity contribution in [3.8, 4) is 5.75 Å². The van der Waals surface area contributed by atoms with Gasteiger partial charge in [0.15, 0.2) is 0 Å². The molecular formula is C25H26ClFN2O5S. The first kappa shape index (κ1) is 25.4. The van der Waals surface area contributed by atoms with Crippen LogP contribution in [0.4, 0.5) is 4.39 Å². The minimum atomic E-state index is -3.78. The summed E-state index contributed by atoms with van der Waals surface area (Å²) < 4.78 is 51.7. The first-order valence-electron chi connectivity index (χ1n) is 11.1. The maximum absolute atomic E-state index is 13.4. The molecule has 3 aromatic rings. The Morgan fingerprint density at radius 1 is 1.03 bits per heavy atom. The first-order valence-corrected chi connectivity index (χ1v) is 12.9. The molecule has 0 amide bonds. The molecule has 1 aliphatic rings. The molecule has 35 heavy (non-hydrogen) atoms. The lowest BCUT2D eigenvalue weighted by Crippen LogP contribution is -2.48. The number of nitrogens with zero attached hydrogens (tertiary/aromatic N) is 2. The molecule has 0 atom stereocenters. The largest absolute Gasteiger partial charge is 0.482 e. The van der Waals surface area contributed by atoms with Crippen molar-refractivity contribution in [3.63, 3.8) is 0 Å². The van der Waals surface area contributed by atoms with Crippen molar-refractivity contribution in [1.82, 2.24) is 9.21 Å². The van der Waals surface area contributed by atoms with Crippen LogP contribution >= 0.6 is 11.6 Å². The van der Waals surface area contributed by atoms with Gasteiger partial charge in [0.25, 0.3) is 0 Å². The van der Waals surface area contributed by atoms with Gasteiger partial charge in [-0.05, 0) is 37.6 Å². The van der Waals surface area contributed by atoms with Gasteiger partial charge in [-0.2, -0.15) is 4.31 Å². The van der Waals surface area contributed by atoms with Gasteiger partial charge < -0.3 is 9.15 Å². The number of rotatable bonds is 7. The number of hydrogen-bond acceptors (Lipinski definition) is 6. The summed E-state index contributed by atoms with van der Waals surface area (Å²) in [6, 6.07) is 10.9. The molecule has 1 fully saturated rings. The number of ether oxygens (including phenoxy) is 1. The molecule has 0 N–H and O–H groups in total. The third kappa shape index (κ3) is 6.10. The fourth-order valence-corrected chi connectivity index (χ4v) is 5.77. The van der Waals surface area contributed by atoms with Crippen LogP contribution in [0.1, 0.15) is 22.5 Å². The number of aryl methyl sites for hydroxylation is 2. The normalized spacial score (nSPS) is 15.3. The SMILES string of the molecule is Cc1cc(C)cc(COc2coc(CN3CCN(S(=O)(=O)c4ccc(F)c(Cl)c4)CC3)cc2=O)c1. The zero-order valence-electron chi connectivity index (χ0n) is 19.5. The molecule has 1 aliphatic heterocycles. The average Bonchev–Trinajstić information content (AvgIpc) is 2.80. The third-order valence-electron chi connectivity index (χ3n) is 5.77. The van der Waals surface area contributed by atoms with Crippen LogP contribution in [0.25, 0.3) is 0 Å². The summed E-state index contributed by atoms with van der Waals surface area (Å²) in [4.78, 5) is 14.5. The Labute approximate surface area is 208 Å². The summed E-state index contributed by atoms with van der Waals surface area (Å²) in [5, 5.41) is -0.235. The quantitative estimate of drug-likeness (QED) is 0.466. The monoisotopic (exact) mass is 520 g/mol. The molecule has 0 aliphatic carbocycles. The Balaban J connectivity index is 1.34. The second kappa shape index (κ2) is 10.5. The van der Waals surface area contributed by atoms with Crippen molar-refractivity contribution in [1.29, 1.82) is 0 Å².